The number of nitrogens with one attached hydrogen (secondary N) is 1. The van der Waals surface area contributed by atoms with Crippen molar-refractivity contribution in [2.45, 2.75) is 26.4 Å². The summed E-state index contributed by atoms with van der Waals surface area (Å²) in [4.78, 5) is 14.6. The Bertz CT molecular complexity index is 547. The fourth-order valence-corrected chi connectivity index (χ4v) is 2.70. The number of aryl methyl sites for hydroxylation is 1. The molecule has 3 rings (SSSR count). The number of halogens is 1. The van der Waals surface area contributed by atoms with Crippen molar-refractivity contribution >= 4 is 22.6 Å². The first-order chi connectivity index (χ1) is 8.70. The van der Waals surface area contributed by atoms with Crippen LogP contribution in [0.4, 0.5) is 0 Å². The maximum Gasteiger partial charge on any atom is 0.103 e. The summed E-state index contributed by atoms with van der Waals surface area (Å²) in [6.45, 7) is 5.01. The first-order valence-electron chi connectivity index (χ1n) is 6.08. The Kier molecular flexibility index (Phi) is 3.34. The Morgan fingerprint density at radius 3 is 3.11 bits per heavy atom. The predicted octanol–water partition coefficient (Wildman–Crippen LogP) is 2.28. The van der Waals surface area contributed by atoms with Gasteiger partial charge in [0.15, 0.2) is 0 Å². The molecular weight excluding hydrogens is 339 g/mol. The minimum absolute atomic E-state index is 0.960. The second-order valence-corrected chi connectivity index (χ2v) is 5.80. The number of rotatable bonds is 2. The van der Waals surface area contributed by atoms with E-state index in [1.165, 1.54) is 17.0 Å². The second-order valence-electron chi connectivity index (χ2n) is 4.70. The number of hydrogen-bond donors (Lipinski definition) is 1. The first-order valence-corrected chi connectivity index (χ1v) is 7.16. The zero-order chi connectivity index (χ0) is 12.5. The highest BCUT2D eigenvalue weighted by Gasteiger charge is 2.19. The van der Waals surface area contributed by atoms with E-state index in [4.69, 9.17) is 0 Å². The van der Waals surface area contributed by atoms with Gasteiger partial charge in [0, 0.05) is 32.3 Å². The van der Waals surface area contributed by atoms with E-state index in [-0.39, 0.29) is 0 Å². The SMILES string of the molecule is Cc1nc2c([nH]1)CN(Cc1ccc(I)nc1)CC2. The zero-order valence-corrected chi connectivity index (χ0v) is 12.4. The van der Waals surface area contributed by atoms with Crippen molar-refractivity contribution in [2.24, 2.45) is 0 Å². The third-order valence-electron chi connectivity index (χ3n) is 3.22. The van der Waals surface area contributed by atoms with Gasteiger partial charge in [-0.15, -0.1) is 0 Å². The van der Waals surface area contributed by atoms with Crippen LogP contribution < -0.4 is 0 Å². The lowest BCUT2D eigenvalue weighted by molar-refractivity contribution is 0.241. The lowest BCUT2D eigenvalue weighted by atomic mass is 10.1. The summed E-state index contributed by atoms with van der Waals surface area (Å²) in [5, 5.41) is 0. The number of H-pyrrole nitrogens is 1. The Morgan fingerprint density at radius 1 is 1.44 bits per heavy atom. The number of fused-ring (bicyclic) bond motifs is 1. The molecule has 1 aliphatic rings. The van der Waals surface area contributed by atoms with Crippen LogP contribution in [0.1, 0.15) is 22.8 Å². The molecule has 2 aromatic heterocycles. The second kappa shape index (κ2) is 4.97. The third kappa shape index (κ3) is 2.56. The molecule has 94 valence electrons. The highest BCUT2D eigenvalue weighted by Crippen LogP contribution is 2.18. The quantitative estimate of drug-likeness (QED) is 0.665. The molecule has 4 nitrogen and oxygen atoms in total. The molecule has 0 atom stereocenters. The fourth-order valence-electron chi connectivity index (χ4n) is 2.39. The topological polar surface area (TPSA) is 44.8 Å². The average molecular weight is 354 g/mol. The number of imidazole rings is 1. The molecular formula is C13H15IN4. The number of aromatic amines is 1. The van der Waals surface area contributed by atoms with Gasteiger partial charge in [0.2, 0.25) is 0 Å². The van der Waals surface area contributed by atoms with E-state index in [1.807, 2.05) is 13.1 Å². The highest BCUT2D eigenvalue weighted by atomic mass is 127. The van der Waals surface area contributed by atoms with Gasteiger partial charge >= 0.3 is 0 Å². The smallest absolute Gasteiger partial charge is 0.103 e. The van der Waals surface area contributed by atoms with Crippen molar-refractivity contribution in [3.05, 3.63) is 44.8 Å². The normalized spacial score (nSPS) is 15.7. The lowest BCUT2D eigenvalue weighted by Gasteiger charge is -2.25. The number of hydrogen-bond acceptors (Lipinski definition) is 3. The molecule has 0 aliphatic carbocycles. The minimum Gasteiger partial charge on any atom is -0.345 e. The average Bonchev–Trinajstić information content (AvgIpc) is 2.71. The summed E-state index contributed by atoms with van der Waals surface area (Å²) in [5.74, 6) is 1.03. The van der Waals surface area contributed by atoms with E-state index in [1.54, 1.807) is 0 Å². The highest BCUT2D eigenvalue weighted by molar-refractivity contribution is 14.1. The van der Waals surface area contributed by atoms with Gasteiger partial charge in [0.25, 0.3) is 0 Å². The van der Waals surface area contributed by atoms with Gasteiger partial charge in [-0.1, -0.05) is 6.07 Å². The van der Waals surface area contributed by atoms with Crippen LogP contribution in [-0.4, -0.2) is 26.4 Å². The Balaban J connectivity index is 1.70. The molecule has 0 spiro atoms. The molecule has 0 saturated heterocycles. The molecule has 18 heavy (non-hydrogen) atoms. The van der Waals surface area contributed by atoms with Crippen LogP contribution in [0.2, 0.25) is 0 Å². The molecule has 0 aromatic carbocycles. The Labute approximate surface area is 120 Å². The van der Waals surface area contributed by atoms with Gasteiger partial charge in [-0.3, -0.25) is 9.88 Å². The summed E-state index contributed by atoms with van der Waals surface area (Å²) >= 11 is 2.23. The van der Waals surface area contributed by atoms with Crippen molar-refractivity contribution in [3.63, 3.8) is 0 Å². The summed E-state index contributed by atoms with van der Waals surface area (Å²) in [6, 6.07) is 4.22. The lowest BCUT2D eigenvalue weighted by Crippen LogP contribution is -2.30. The number of pyridine rings is 1. The third-order valence-corrected chi connectivity index (χ3v) is 3.86. The standard InChI is InChI=1S/C13H15IN4/c1-9-16-11-4-5-18(8-12(11)17-9)7-10-2-3-13(14)15-6-10/h2-3,6H,4-5,7-8H2,1H3,(H,16,17). The summed E-state index contributed by atoms with van der Waals surface area (Å²) in [5.41, 5.74) is 3.79. The van der Waals surface area contributed by atoms with Crippen LogP contribution in [0.5, 0.6) is 0 Å². The Morgan fingerprint density at radius 2 is 2.33 bits per heavy atom. The van der Waals surface area contributed by atoms with Crippen LogP contribution in [-0.2, 0) is 19.5 Å². The zero-order valence-electron chi connectivity index (χ0n) is 10.3. The number of aromatic nitrogens is 3. The molecule has 0 amide bonds. The van der Waals surface area contributed by atoms with Gasteiger partial charge in [0.05, 0.1) is 11.4 Å². The van der Waals surface area contributed by atoms with Crippen LogP contribution >= 0.6 is 22.6 Å². The van der Waals surface area contributed by atoms with Crippen LogP contribution in [0.15, 0.2) is 18.3 Å². The van der Waals surface area contributed by atoms with Crippen LogP contribution in [0.25, 0.3) is 0 Å². The maximum absolute atomic E-state index is 4.51. The predicted molar refractivity (Wildman–Crippen MR) is 78.1 cm³/mol. The van der Waals surface area contributed by atoms with E-state index < -0.39 is 0 Å². The van der Waals surface area contributed by atoms with E-state index in [0.717, 1.165) is 35.6 Å². The van der Waals surface area contributed by atoms with Crippen LogP contribution in [0.3, 0.4) is 0 Å². The maximum atomic E-state index is 4.51. The van der Waals surface area contributed by atoms with Gasteiger partial charge < -0.3 is 4.98 Å². The largest absolute Gasteiger partial charge is 0.345 e. The molecule has 0 saturated carbocycles. The van der Waals surface area contributed by atoms with Crippen molar-refractivity contribution < 1.29 is 0 Å². The molecule has 0 bridgehead atoms. The van der Waals surface area contributed by atoms with Gasteiger partial charge in [0.1, 0.15) is 9.53 Å². The van der Waals surface area contributed by atoms with Crippen LogP contribution in [0, 0.1) is 10.6 Å². The van der Waals surface area contributed by atoms with Crippen molar-refractivity contribution in [1.29, 1.82) is 0 Å². The molecule has 1 N–H and O–H groups in total. The summed E-state index contributed by atoms with van der Waals surface area (Å²) in [7, 11) is 0. The summed E-state index contributed by atoms with van der Waals surface area (Å²) in [6.07, 6.45) is 3.01. The van der Waals surface area contributed by atoms with Gasteiger partial charge in [-0.05, 0) is 41.1 Å². The first kappa shape index (κ1) is 12.1. The summed E-state index contributed by atoms with van der Waals surface area (Å²) < 4.78 is 1.04. The van der Waals surface area contributed by atoms with Gasteiger partial charge in [-0.2, -0.15) is 0 Å². The number of nitrogens with zero attached hydrogens (tertiary/aromatic N) is 3. The van der Waals surface area contributed by atoms with Crippen molar-refractivity contribution in [3.8, 4) is 0 Å². The Hall–Kier alpha value is -0.950. The van der Waals surface area contributed by atoms with E-state index in [0.29, 0.717) is 0 Å². The fraction of sp³-hybridized carbons (Fsp3) is 0.385. The van der Waals surface area contributed by atoms with Crippen molar-refractivity contribution in [2.75, 3.05) is 6.54 Å². The van der Waals surface area contributed by atoms with Crippen molar-refractivity contribution in [1.82, 2.24) is 19.9 Å². The molecule has 0 unspecified atom stereocenters. The molecule has 0 fully saturated rings. The van der Waals surface area contributed by atoms with E-state index >= 15 is 0 Å². The van der Waals surface area contributed by atoms with E-state index in [9.17, 15) is 0 Å². The molecule has 3 heterocycles. The molecule has 1 aliphatic heterocycles. The molecule has 2 aromatic rings. The molecule has 0 radical (unpaired) electrons. The van der Waals surface area contributed by atoms with E-state index in [2.05, 4.69) is 54.6 Å². The minimum atomic E-state index is 0.960. The van der Waals surface area contributed by atoms with Gasteiger partial charge in [-0.25, -0.2) is 4.98 Å². The monoisotopic (exact) mass is 354 g/mol. The molecule has 5 heteroatoms.